The van der Waals surface area contributed by atoms with Gasteiger partial charge in [0.2, 0.25) is 10.0 Å². The van der Waals surface area contributed by atoms with Gasteiger partial charge in [0, 0.05) is 13.1 Å². The summed E-state index contributed by atoms with van der Waals surface area (Å²) < 4.78 is 51.2. The predicted octanol–water partition coefficient (Wildman–Crippen LogP) is 1.73. The monoisotopic (exact) mass is 343 g/mol. The number of sulfonamides is 1. The molecule has 2 aliphatic rings. The highest BCUT2D eigenvalue weighted by molar-refractivity contribution is 7.93. The summed E-state index contributed by atoms with van der Waals surface area (Å²) in [7, 11) is -6.85. The molecule has 1 heterocycles. The highest BCUT2D eigenvalue weighted by Crippen LogP contribution is 2.44. The van der Waals surface area contributed by atoms with Gasteiger partial charge in [0.1, 0.15) is 0 Å². The van der Waals surface area contributed by atoms with E-state index in [-0.39, 0.29) is 23.7 Å². The van der Waals surface area contributed by atoms with Gasteiger partial charge in [-0.05, 0) is 37.8 Å². The van der Waals surface area contributed by atoms with Gasteiger partial charge in [-0.3, -0.25) is 0 Å². The summed E-state index contributed by atoms with van der Waals surface area (Å²) in [5.74, 6) is -0.0713. The predicted molar refractivity (Wildman–Crippen MR) is 84.9 cm³/mol. The maximum Gasteiger partial charge on any atom is 0.243 e. The van der Waals surface area contributed by atoms with Gasteiger partial charge in [0.05, 0.1) is 15.4 Å². The van der Waals surface area contributed by atoms with Crippen molar-refractivity contribution in [2.45, 2.75) is 42.2 Å². The van der Waals surface area contributed by atoms with Gasteiger partial charge < -0.3 is 0 Å². The van der Waals surface area contributed by atoms with E-state index in [4.69, 9.17) is 0 Å². The van der Waals surface area contributed by atoms with Gasteiger partial charge in [-0.25, -0.2) is 16.8 Å². The molecule has 2 fully saturated rings. The van der Waals surface area contributed by atoms with E-state index < -0.39 is 24.6 Å². The highest BCUT2D eigenvalue weighted by atomic mass is 32.2. The lowest BCUT2D eigenvalue weighted by Gasteiger charge is -2.40. The van der Waals surface area contributed by atoms with Gasteiger partial charge in [0.15, 0.2) is 9.84 Å². The Hall–Kier alpha value is -0.920. The van der Waals surface area contributed by atoms with Crippen LogP contribution < -0.4 is 0 Å². The second-order valence-corrected chi connectivity index (χ2v) is 10.7. The molecule has 1 aromatic rings. The number of rotatable bonds is 2. The van der Waals surface area contributed by atoms with Crippen LogP contribution in [0.1, 0.15) is 31.2 Å². The SMILES string of the molecule is Cc1ccccc1S(=O)(=O)N1CCC2(CCC2)S(=O)(=O)CC1. The van der Waals surface area contributed by atoms with E-state index in [0.717, 1.165) is 6.42 Å². The first-order valence-corrected chi connectivity index (χ1v) is 10.7. The Morgan fingerprint density at radius 3 is 2.36 bits per heavy atom. The van der Waals surface area contributed by atoms with Gasteiger partial charge in [-0.1, -0.05) is 24.6 Å². The Bertz CT molecular complexity index is 780. The topological polar surface area (TPSA) is 71.5 Å². The number of hydrogen-bond donors (Lipinski definition) is 0. The van der Waals surface area contributed by atoms with E-state index >= 15 is 0 Å². The molecule has 0 N–H and O–H groups in total. The fourth-order valence-corrected chi connectivity index (χ4v) is 7.38. The van der Waals surface area contributed by atoms with Crippen molar-refractivity contribution in [3.05, 3.63) is 29.8 Å². The van der Waals surface area contributed by atoms with Crippen molar-refractivity contribution < 1.29 is 16.8 Å². The maximum atomic E-state index is 12.8. The Morgan fingerprint density at radius 1 is 1.09 bits per heavy atom. The summed E-state index contributed by atoms with van der Waals surface area (Å²) in [6.45, 7) is 2.10. The molecule has 22 heavy (non-hydrogen) atoms. The third kappa shape index (κ3) is 2.39. The number of aryl methyl sites for hydroxylation is 1. The van der Waals surface area contributed by atoms with E-state index in [9.17, 15) is 16.8 Å². The molecule has 1 spiro atoms. The van der Waals surface area contributed by atoms with Gasteiger partial charge in [-0.2, -0.15) is 4.31 Å². The van der Waals surface area contributed by atoms with Crippen molar-refractivity contribution in [2.75, 3.05) is 18.8 Å². The molecule has 1 aromatic carbocycles. The van der Waals surface area contributed by atoms with Crippen molar-refractivity contribution >= 4 is 19.9 Å². The number of benzene rings is 1. The lowest BCUT2D eigenvalue weighted by molar-refractivity contribution is 0.301. The zero-order valence-electron chi connectivity index (χ0n) is 12.7. The summed E-state index contributed by atoms with van der Waals surface area (Å²) in [5, 5.41) is 0. The van der Waals surface area contributed by atoms with E-state index in [1.165, 1.54) is 4.31 Å². The molecule has 5 nitrogen and oxygen atoms in total. The summed E-state index contributed by atoms with van der Waals surface area (Å²) >= 11 is 0. The Kier molecular flexibility index (Phi) is 3.86. The first-order valence-electron chi connectivity index (χ1n) is 7.57. The van der Waals surface area contributed by atoms with Crippen LogP contribution in [-0.2, 0) is 19.9 Å². The zero-order valence-corrected chi connectivity index (χ0v) is 14.3. The van der Waals surface area contributed by atoms with Crippen LogP contribution in [0.4, 0.5) is 0 Å². The van der Waals surface area contributed by atoms with E-state index in [1.807, 2.05) is 0 Å². The molecule has 1 saturated heterocycles. The average molecular weight is 343 g/mol. The van der Waals surface area contributed by atoms with Crippen LogP contribution >= 0.6 is 0 Å². The lowest BCUT2D eigenvalue weighted by Crippen LogP contribution is -2.46. The van der Waals surface area contributed by atoms with E-state index in [1.54, 1.807) is 31.2 Å². The van der Waals surface area contributed by atoms with Crippen LogP contribution in [0, 0.1) is 6.92 Å². The molecular formula is C15H21NO4S2. The minimum atomic E-state index is -3.63. The molecule has 0 radical (unpaired) electrons. The Morgan fingerprint density at radius 2 is 1.77 bits per heavy atom. The second-order valence-electron chi connectivity index (χ2n) is 6.28. The second kappa shape index (κ2) is 5.32. The minimum absolute atomic E-state index is 0.0563. The number of sulfone groups is 1. The molecule has 0 unspecified atom stereocenters. The smallest absolute Gasteiger partial charge is 0.228 e. The maximum absolute atomic E-state index is 12.8. The molecule has 1 saturated carbocycles. The van der Waals surface area contributed by atoms with Crippen molar-refractivity contribution in [1.29, 1.82) is 0 Å². The molecule has 122 valence electrons. The highest BCUT2D eigenvalue weighted by Gasteiger charge is 2.50. The van der Waals surface area contributed by atoms with Crippen LogP contribution in [0.3, 0.4) is 0 Å². The summed E-state index contributed by atoms with van der Waals surface area (Å²) in [5.41, 5.74) is 0.688. The molecule has 0 amide bonds. The third-order valence-electron chi connectivity index (χ3n) is 5.06. The average Bonchev–Trinajstić information content (AvgIpc) is 2.54. The van der Waals surface area contributed by atoms with Crippen LogP contribution in [0.15, 0.2) is 29.2 Å². The van der Waals surface area contributed by atoms with Crippen LogP contribution in [0.2, 0.25) is 0 Å². The van der Waals surface area contributed by atoms with Crippen LogP contribution in [0.5, 0.6) is 0 Å². The van der Waals surface area contributed by atoms with Crippen LogP contribution in [-0.4, -0.2) is 44.7 Å². The zero-order chi connectivity index (χ0) is 16.0. The van der Waals surface area contributed by atoms with Crippen molar-refractivity contribution in [3.8, 4) is 0 Å². The molecule has 0 aromatic heterocycles. The van der Waals surface area contributed by atoms with Crippen molar-refractivity contribution in [3.63, 3.8) is 0 Å². The van der Waals surface area contributed by atoms with Crippen LogP contribution in [0.25, 0.3) is 0 Å². The lowest BCUT2D eigenvalue weighted by atomic mass is 9.82. The van der Waals surface area contributed by atoms with Gasteiger partial charge >= 0.3 is 0 Å². The summed E-state index contributed by atoms with van der Waals surface area (Å²) in [6, 6.07) is 6.84. The first kappa shape index (κ1) is 16.0. The van der Waals surface area contributed by atoms with Crippen molar-refractivity contribution in [2.24, 2.45) is 0 Å². The van der Waals surface area contributed by atoms with Gasteiger partial charge in [-0.15, -0.1) is 0 Å². The number of nitrogens with zero attached hydrogens (tertiary/aromatic N) is 1. The molecule has 0 bridgehead atoms. The first-order chi connectivity index (χ1) is 10.3. The Balaban J connectivity index is 1.92. The van der Waals surface area contributed by atoms with E-state index in [2.05, 4.69) is 0 Å². The third-order valence-corrected chi connectivity index (χ3v) is 9.77. The summed E-state index contributed by atoms with van der Waals surface area (Å²) in [6.07, 6.45) is 2.69. The standard InChI is InChI=1S/C15H21NO4S2/c1-13-5-2-3-6-14(13)22(19,20)16-10-9-15(7-4-8-15)21(17,18)12-11-16/h2-3,5-6H,4,7-12H2,1H3. The molecule has 0 atom stereocenters. The fraction of sp³-hybridized carbons (Fsp3) is 0.600. The van der Waals surface area contributed by atoms with E-state index in [0.29, 0.717) is 24.8 Å². The summed E-state index contributed by atoms with van der Waals surface area (Å²) in [4.78, 5) is 0.275. The Labute approximate surface area is 132 Å². The molecular weight excluding hydrogens is 322 g/mol. The normalized spacial score (nSPS) is 24.6. The molecule has 7 heteroatoms. The molecule has 1 aliphatic carbocycles. The van der Waals surface area contributed by atoms with Crippen molar-refractivity contribution in [1.82, 2.24) is 4.31 Å². The fourth-order valence-electron chi connectivity index (χ4n) is 3.39. The number of hydrogen-bond acceptors (Lipinski definition) is 4. The largest absolute Gasteiger partial charge is 0.243 e. The molecule has 3 rings (SSSR count). The quantitative estimate of drug-likeness (QED) is 0.820. The van der Waals surface area contributed by atoms with Gasteiger partial charge in [0.25, 0.3) is 0 Å². The molecule has 1 aliphatic heterocycles. The minimum Gasteiger partial charge on any atom is -0.228 e.